The third-order valence-corrected chi connectivity index (χ3v) is 5.44. The second-order valence-corrected chi connectivity index (χ2v) is 6.92. The van der Waals surface area contributed by atoms with Gasteiger partial charge in [0.15, 0.2) is 0 Å². The summed E-state index contributed by atoms with van der Waals surface area (Å²) in [6.45, 7) is 4.32. The molecule has 1 fully saturated rings. The zero-order valence-electron chi connectivity index (χ0n) is 10.9. The molecule has 0 aromatic heterocycles. The Labute approximate surface area is 109 Å². The lowest BCUT2D eigenvalue weighted by molar-refractivity contribution is 0.399. The van der Waals surface area contributed by atoms with Crippen LogP contribution in [0.1, 0.15) is 12.0 Å². The molecule has 1 aliphatic rings. The Morgan fingerprint density at radius 1 is 1.39 bits per heavy atom. The SMILES string of the molecule is Cc1ccccc1S(=O)(=O)N(C)CC1CCNC1. The molecule has 2 rings (SSSR count). The highest BCUT2D eigenvalue weighted by Crippen LogP contribution is 2.20. The Balaban J connectivity index is 2.17. The van der Waals surface area contributed by atoms with Crippen molar-refractivity contribution in [2.45, 2.75) is 18.2 Å². The number of nitrogens with zero attached hydrogens (tertiary/aromatic N) is 1. The molecule has 1 unspecified atom stereocenters. The maximum absolute atomic E-state index is 12.4. The van der Waals surface area contributed by atoms with Gasteiger partial charge in [-0.2, -0.15) is 0 Å². The van der Waals surface area contributed by atoms with Gasteiger partial charge in [-0.05, 0) is 44.0 Å². The van der Waals surface area contributed by atoms with Gasteiger partial charge in [-0.1, -0.05) is 18.2 Å². The molecule has 0 radical (unpaired) electrons. The second-order valence-electron chi connectivity index (χ2n) is 4.91. The molecular formula is C13H20N2O2S. The topological polar surface area (TPSA) is 49.4 Å². The second kappa shape index (κ2) is 5.38. The van der Waals surface area contributed by atoms with Crippen molar-refractivity contribution in [3.8, 4) is 0 Å². The summed E-state index contributed by atoms with van der Waals surface area (Å²) in [6, 6.07) is 7.13. The molecule has 1 heterocycles. The first-order valence-electron chi connectivity index (χ1n) is 6.24. The van der Waals surface area contributed by atoms with Crippen molar-refractivity contribution < 1.29 is 8.42 Å². The van der Waals surface area contributed by atoms with Gasteiger partial charge in [-0.3, -0.25) is 0 Å². The van der Waals surface area contributed by atoms with Crippen LogP contribution in [0.15, 0.2) is 29.2 Å². The van der Waals surface area contributed by atoms with E-state index in [-0.39, 0.29) is 0 Å². The van der Waals surface area contributed by atoms with Gasteiger partial charge < -0.3 is 5.32 Å². The van der Waals surface area contributed by atoms with Crippen LogP contribution in [0, 0.1) is 12.8 Å². The lowest BCUT2D eigenvalue weighted by Gasteiger charge is -2.21. The molecule has 1 aliphatic heterocycles. The molecule has 1 atom stereocenters. The highest BCUT2D eigenvalue weighted by molar-refractivity contribution is 7.89. The summed E-state index contributed by atoms with van der Waals surface area (Å²) in [4.78, 5) is 0.415. The van der Waals surface area contributed by atoms with E-state index < -0.39 is 10.0 Å². The van der Waals surface area contributed by atoms with Gasteiger partial charge in [-0.25, -0.2) is 12.7 Å². The van der Waals surface area contributed by atoms with Crippen molar-refractivity contribution in [2.24, 2.45) is 5.92 Å². The molecule has 5 heteroatoms. The fourth-order valence-corrected chi connectivity index (χ4v) is 3.81. The van der Waals surface area contributed by atoms with Gasteiger partial charge in [0.2, 0.25) is 10.0 Å². The molecule has 18 heavy (non-hydrogen) atoms. The third kappa shape index (κ3) is 2.74. The fourth-order valence-electron chi connectivity index (χ4n) is 2.35. The van der Waals surface area contributed by atoms with Crippen LogP contribution in [0.3, 0.4) is 0 Å². The van der Waals surface area contributed by atoms with E-state index in [0.29, 0.717) is 17.4 Å². The Morgan fingerprint density at radius 3 is 2.72 bits per heavy atom. The number of rotatable bonds is 4. The molecule has 100 valence electrons. The molecule has 1 aromatic carbocycles. The summed E-state index contributed by atoms with van der Waals surface area (Å²) in [5.74, 6) is 0.425. The number of benzene rings is 1. The summed E-state index contributed by atoms with van der Waals surface area (Å²) in [5.41, 5.74) is 0.800. The summed E-state index contributed by atoms with van der Waals surface area (Å²) in [6.07, 6.45) is 1.05. The zero-order valence-corrected chi connectivity index (χ0v) is 11.7. The Bertz CT molecular complexity index is 507. The molecule has 4 nitrogen and oxygen atoms in total. The van der Waals surface area contributed by atoms with Crippen LogP contribution >= 0.6 is 0 Å². The molecule has 0 amide bonds. The summed E-state index contributed by atoms with van der Waals surface area (Å²) >= 11 is 0. The highest BCUT2D eigenvalue weighted by Gasteiger charge is 2.26. The van der Waals surface area contributed by atoms with E-state index in [0.717, 1.165) is 25.1 Å². The minimum Gasteiger partial charge on any atom is -0.316 e. The van der Waals surface area contributed by atoms with Crippen LogP contribution in [0.4, 0.5) is 0 Å². The summed E-state index contributed by atoms with van der Waals surface area (Å²) in [7, 11) is -1.68. The zero-order chi connectivity index (χ0) is 13.2. The number of hydrogen-bond donors (Lipinski definition) is 1. The standard InChI is InChI=1S/C13H20N2O2S/c1-11-5-3-4-6-13(11)18(16,17)15(2)10-12-7-8-14-9-12/h3-6,12,14H,7-10H2,1-2H3. The van der Waals surface area contributed by atoms with Crippen molar-refractivity contribution in [3.63, 3.8) is 0 Å². The van der Waals surface area contributed by atoms with Gasteiger partial charge in [0.25, 0.3) is 0 Å². The molecule has 0 aliphatic carbocycles. The van der Waals surface area contributed by atoms with E-state index in [4.69, 9.17) is 0 Å². The first-order valence-corrected chi connectivity index (χ1v) is 7.68. The largest absolute Gasteiger partial charge is 0.316 e. The maximum Gasteiger partial charge on any atom is 0.243 e. The van der Waals surface area contributed by atoms with Crippen molar-refractivity contribution in [3.05, 3.63) is 29.8 Å². The average Bonchev–Trinajstić information content (AvgIpc) is 2.82. The van der Waals surface area contributed by atoms with E-state index in [9.17, 15) is 8.42 Å². The van der Waals surface area contributed by atoms with Crippen LogP contribution in [0.5, 0.6) is 0 Å². The minimum atomic E-state index is -3.35. The van der Waals surface area contributed by atoms with Crippen molar-refractivity contribution in [1.82, 2.24) is 9.62 Å². The lowest BCUT2D eigenvalue weighted by atomic mass is 10.1. The van der Waals surface area contributed by atoms with Crippen LogP contribution in [-0.2, 0) is 10.0 Å². The van der Waals surface area contributed by atoms with Gasteiger partial charge in [-0.15, -0.1) is 0 Å². The van der Waals surface area contributed by atoms with Gasteiger partial charge in [0.05, 0.1) is 4.90 Å². The molecule has 0 spiro atoms. The van der Waals surface area contributed by atoms with Crippen molar-refractivity contribution in [1.29, 1.82) is 0 Å². The van der Waals surface area contributed by atoms with Crippen molar-refractivity contribution in [2.75, 3.05) is 26.7 Å². The van der Waals surface area contributed by atoms with E-state index >= 15 is 0 Å². The van der Waals surface area contributed by atoms with E-state index in [1.807, 2.05) is 19.1 Å². The van der Waals surface area contributed by atoms with Crippen LogP contribution in [0.25, 0.3) is 0 Å². The fraction of sp³-hybridized carbons (Fsp3) is 0.538. The molecule has 0 saturated carbocycles. The van der Waals surface area contributed by atoms with E-state index in [1.165, 1.54) is 4.31 Å². The van der Waals surface area contributed by atoms with Gasteiger partial charge in [0.1, 0.15) is 0 Å². The Morgan fingerprint density at radius 2 is 2.11 bits per heavy atom. The Hall–Kier alpha value is -0.910. The number of sulfonamides is 1. The van der Waals surface area contributed by atoms with Crippen LogP contribution in [-0.4, -0.2) is 39.4 Å². The molecular weight excluding hydrogens is 248 g/mol. The normalized spacial score (nSPS) is 20.5. The van der Waals surface area contributed by atoms with Crippen LogP contribution < -0.4 is 5.32 Å². The minimum absolute atomic E-state index is 0.415. The smallest absolute Gasteiger partial charge is 0.243 e. The predicted molar refractivity (Wildman–Crippen MR) is 72.0 cm³/mol. The predicted octanol–water partition coefficient (Wildman–Crippen LogP) is 1.23. The highest BCUT2D eigenvalue weighted by atomic mass is 32.2. The molecule has 1 N–H and O–H groups in total. The molecule has 1 saturated heterocycles. The Kier molecular flexibility index (Phi) is 4.04. The quantitative estimate of drug-likeness (QED) is 0.893. The summed E-state index contributed by atoms with van der Waals surface area (Å²) in [5, 5.41) is 3.26. The van der Waals surface area contributed by atoms with Gasteiger partial charge >= 0.3 is 0 Å². The van der Waals surface area contributed by atoms with E-state index in [1.54, 1.807) is 19.2 Å². The third-order valence-electron chi connectivity index (χ3n) is 3.46. The molecule has 0 bridgehead atoms. The number of aryl methyl sites for hydroxylation is 1. The van der Waals surface area contributed by atoms with Crippen molar-refractivity contribution >= 4 is 10.0 Å². The summed E-state index contributed by atoms with van der Waals surface area (Å²) < 4.78 is 26.4. The number of nitrogens with one attached hydrogen (secondary N) is 1. The first kappa shape index (κ1) is 13.5. The first-order chi connectivity index (χ1) is 8.51. The van der Waals surface area contributed by atoms with E-state index in [2.05, 4.69) is 5.32 Å². The maximum atomic E-state index is 12.4. The molecule has 1 aromatic rings. The monoisotopic (exact) mass is 268 g/mol. The number of hydrogen-bond acceptors (Lipinski definition) is 3. The van der Waals surface area contributed by atoms with Gasteiger partial charge in [0, 0.05) is 13.6 Å². The lowest BCUT2D eigenvalue weighted by Crippen LogP contribution is -2.33. The van der Waals surface area contributed by atoms with Crippen LogP contribution in [0.2, 0.25) is 0 Å². The average molecular weight is 268 g/mol.